The highest BCUT2D eigenvalue weighted by Gasteiger charge is 2.31. The Bertz CT molecular complexity index is 286. The van der Waals surface area contributed by atoms with Crippen LogP contribution in [0.15, 0.2) is 6.20 Å². The van der Waals surface area contributed by atoms with Crippen LogP contribution in [-0.2, 0) is 0 Å². The fourth-order valence-corrected chi connectivity index (χ4v) is 1.94. The van der Waals surface area contributed by atoms with Crippen molar-refractivity contribution in [1.82, 2.24) is 9.78 Å². The van der Waals surface area contributed by atoms with Gasteiger partial charge in [-0.05, 0) is 32.2 Å². The van der Waals surface area contributed by atoms with E-state index in [2.05, 4.69) is 5.10 Å². The molecule has 2 atom stereocenters. The quantitative estimate of drug-likeness (QED) is 0.789. The maximum absolute atomic E-state index is 5.93. The summed E-state index contributed by atoms with van der Waals surface area (Å²) < 4.78 is 1.97. The van der Waals surface area contributed by atoms with Gasteiger partial charge < -0.3 is 5.73 Å². The highest BCUT2D eigenvalue weighted by molar-refractivity contribution is 6.31. The summed E-state index contributed by atoms with van der Waals surface area (Å²) in [4.78, 5) is 0. The van der Waals surface area contributed by atoms with Crippen LogP contribution in [0.2, 0.25) is 5.02 Å². The summed E-state index contributed by atoms with van der Waals surface area (Å²) in [5.41, 5.74) is 6.54. The molecule has 0 bridgehead atoms. The van der Waals surface area contributed by atoms with Crippen LogP contribution < -0.4 is 5.73 Å². The van der Waals surface area contributed by atoms with Crippen molar-refractivity contribution >= 4 is 11.6 Å². The topological polar surface area (TPSA) is 43.8 Å². The average molecular weight is 200 g/mol. The molecule has 72 valence electrons. The second-order valence-electron chi connectivity index (χ2n) is 3.68. The van der Waals surface area contributed by atoms with Crippen LogP contribution in [0.25, 0.3) is 0 Å². The largest absolute Gasteiger partial charge is 0.330 e. The van der Waals surface area contributed by atoms with Gasteiger partial charge in [-0.2, -0.15) is 5.10 Å². The van der Waals surface area contributed by atoms with Crippen molar-refractivity contribution in [2.75, 3.05) is 6.54 Å². The number of aryl methyl sites for hydroxylation is 1. The van der Waals surface area contributed by atoms with Crippen molar-refractivity contribution in [2.24, 2.45) is 11.7 Å². The number of nitrogens with two attached hydrogens (primary N) is 1. The molecule has 2 unspecified atom stereocenters. The number of nitrogens with zero attached hydrogens (tertiary/aromatic N) is 2. The van der Waals surface area contributed by atoms with E-state index in [0.29, 0.717) is 12.0 Å². The third kappa shape index (κ3) is 1.46. The lowest BCUT2D eigenvalue weighted by Gasteiger charge is -2.35. The smallest absolute Gasteiger partial charge is 0.0815 e. The van der Waals surface area contributed by atoms with Gasteiger partial charge in [0.15, 0.2) is 0 Å². The molecule has 4 heteroatoms. The summed E-state index contributed by atoms with van der Waals surface area (Å²) >= 11 is 5.93. The molecule has 0 amide bonds. The molecule has 1 aliphatic rings. The fourth-order valence-electron chi connectivity index (χ4n) is 1.80. The van der Waals surface area contributed by atoms with Crippen LogP contribution in [0.1, 0.15) is 24.6 Å². The van der Waals surface area contributed by atoms with Crippen LogP contribution in [-0.4, -0.2) is 16.3 Å². The zero-order valence-corrected chi connectivity index (χ0v) is 8.46. The fraction of sp³-hybridized carbons (Fsp3) is 0.667. The molecule has 3 nitrogen and oxygen atoms in total. The van der Waals surface area contributed by atoms with Crippen LogP contribution in [0, 0.1) is 12.8 Å². The molecule has 1 aromatic rings. The lowest BCUT2D eigenvalue weighted by Crippen LogP contribution is -2.34. The van der Waals surface area contributed by atoms with Gasteiger partial charge in [-0.1, -0.05) is 11.6 Å². The van der Waals surface area contributed by atoms with Gasteiger partial charge in [0.1, 0.15) is 0 Å². The first-order chi connectivity index (χ1) is 6.22. The van der Waals surface area contributed by atoms with Gasteiger partial charge in [-0.3, -0.25) is 4.68 Å². The predicted molar refractivity (Wildman–Crippen MR) is 52.8 cm³/mol. The Morgan fingerprint density at radius 3 is 2.85 bits per heavy atom. The Balaban J connectivity index is 2.16. The second kappa shape index (κ2) is 3.31. The molecule has 2 rings (SSSR count). The van der Waals surface area contributed by atoms with E-state index in [-0.39, 0.29) is 0 Å². The first kappa shape index (κ1) is 9.03. The molecule has 0 spiro atoms. The zero-order chi connectivity index (χ0) is 9.42. The van der Waals surface area contributed by atoms with E-state index in [4.69, 9.17) is 17.3 Å². The van der Waals surface area contributed by atoms with E-state index in [9.17, 15) is 0 Å². The first-order valence-electron chi connectivity index (χ1n) is 4.63. The highest BCUT2D eigenvalue weighted by Crippen LogP contribution is 2.37. The lowest BCUT2D eigenvalue weighted by atomic mass is 9.80. The molecule has 1 fully saturated rings. The minimum absolute atomic E-state index is 0.483. The van der Waals surface area contributed by atoms with Crippen molar-refractivity contribution in [3.8, 4) is 0 Å². The number of hydrogen-bond acceptors (Lipinski definition) is 2. The van der Waals surface area contributed by atoms with E-state index in [1.165, 1.54) is 12.8 Å². The molecular weight excluding hydrogens is 186 g/mol. The summed E-state index contributed by atoms with van der Waals surface area (Å²) in [5, 5.41) is 5.11. The number of rotatable bonds is 2. The van der Waals surface area contributed by atoms with E-state index in [0.717, 1.165) is 17.3 Å². The Labute approximate surface area is 82.9 Å². The summed E-state index contributed by atoms with van der Waals surface area (Å²) in [6.07, 6.45) is 4.31. The lowest BCUT2D eigenvalue weighted by molar-refractivity contribution is 0.173. The molecular formula is C9H14ClN3. The standard InChI is InChI=1S/C9H14ClN3/c1-6-8(10)5-13(12-6)9-3-2-7(9)4-11/h5,7,9H,2-4,11H2,1H3. The molecule has 0 saturated heterocycles. The van der Waals surface area contributed by atoms with E-state index in [1.807, 2.05) is 17.8 Å². The van der Waals surface area contributed by atoms with Gasteiger partial charge in [-0.25, -0.2) is 0 Å². The van der Waals surface area contributed by atoms with Gasteiger partial charge >= 0.3 is 0 Å². The maximum Gasteiger partial charge on any atom is 0.0815 e. The first-order valence-corrected chi connectivity index (χ1v) is 5.01. The summed E-state index contributed by atoms with van der Waals surface area (Å²) in [7, 11) is 0. The van der Waals surface area contributed by atoms with Gasteiger partial charge in [0.2, 0.25) is 0 Å². The summed E-state index contributed by atoms with van der Waals surface area (Å²) in [5.74, 6) is 0.593. The third-order valence-corrected chi connectivity index (χ3v) is 3.25. The van der Waals surface area contributed by atoms with Gasteiger partial charge in [-0.15, -0.1) is 0 Å². The van der Waals surface area contributed by atoms with E-state index in [1.54, 1.807) is 0 Å². The Morgan fingerprint density at radius 2 is 2.46 bits per heavy atom. The van der Waals surface area contributed by atoms with Crippen molar-refractivity contribution in [3.63, 3.8) is 0 Å². The molecule has 1 aromatic heterocycles. The number of halogens is 1. The molecule has 13 heavy (non-hydrogen) atoms. The molecule has 1 heterocycles. The Hall–Kier alpha value is -0.540. The minimum atomic E-state index is 0.483. The van der Waals surface area contributed by atoms with Gasteiger partial charge in [0.05, 0.1) is 16.8 Å². The number of aromatic nitrogens is 2. The predicted octanol–water partition coefficient (Wildman–Crippen LogP) is 1.75. The van der Waals surface area contributed by atoms with Gasteiger partial charge in [0, 0.05) is 6.20 Å². The van der Waals surface area contributed by atoms with Crippen molar-refractivity contribution in [2.45, 2.75) is 25.8 Å². The maximum atomic E-state index is 5.93. The minimum Gasteiger partial charge on any atom is -0.330 e. The van der Waals surface area contributed by atoms with Crippen molar-refractivity contribution < 1.29 is 0 Å². The molecule has 2 N–H and O–H groups in total. The molecule has 0 aliphatic heterocycles. The Kier molecular flexibility index (Phi) is 2.30. The molecule has 1 aliphatic carbocycles. The Morgan fingerprint density at radius 1 is 1.69 bits per heavy atom. The molecule has 1 saturated carbocycles. The SMILES string of the molecule is Cc1nn(C2CCC2CN)cc1Cl. The highest BCUT2D eigenvalue weighted by atomic mass is 35.5. The normalized spacial score (nSPS) is 27.3. The average Bonchev–Trinajstić information content (AvgIpc) is 2.30. The van der Waals surface area contributed by atoms with Gasteiger partial charge in [0.25, 0.3) is 0 Å². The summed E-state index contributed by atoms with van der Waals surface area (Å²) in [6, 6.07) is 0.483. The van der Waals surface area contributed by atoms with Crippen LogP contribution >= 0.6 is 11.6 Å². The van der Waals surface area contributed by atoms with Crippen molar-refractivity contribution in [3.05, 3.63) is 16.9 Å². The monoisotopic (exact) mass is 199 g/mol. The number of hydrogen-bond donors (Lipinski definition) is 1. The van der Waals surface area contributed by atoms with Crippen LogP contribution in [0.3, 0.4) is 0 Å². The second-order valence-corrected chi connectivity index (χ2v) is 4.09. The van der Waals surface area contributed by atoms with Crippen molar-refractivity contribution in [1.29, 1.82) is 0 Å². The zero-order valence-electron chi connectivity index (χ0n) is 7.70. The third-order valence-electron chi connectivity index (χ3n) is 2.88. The van der Waals surface area contributed by atoms with E-state index < -0.39 is 0 Å². The molecule has 0 radical (unpaired) electrons. The summed E-state index contributed by atoms with van der Waals surface area (Å²) in [6.45, 7) is 2.68. The van der Waals surface area contributed by atoms with Crippen LogP contribution in [0.5, 0.6) is 0 Å². The molecule has 0 aromatic carbocycles. The van der Waals surface area contributed by atoms with E-state index >= 15 is 0 Å². The van der Waals surface area contributed by atoms with Crippen LogP contribution in [0.4, 0.5) is 0 Å².